The van der Waals surface area contributed by atoms with Gasteiger partial charge in [0.25, 0.3) is 0 Å². The van der Waals surface area contributed by atoms with Crippen molar-refractivity contribution in [1.29, 1.82) is 0 Å². The fraction of sp³-hybridized carbons (Fsp3) is 0.538. The second kappa shape index (κ2) is 5.25. The molecule has 0 atom stereocenters. The van der Waals surface area contributed by atoms with Crippen LogP contribution in [0.4, 0.5) is 0 Å². The van der Waals surface area contributed by atoms with Crippen molar-refractivity contribution in [3.05, 3.63) is 23.2 Å². The van der Waals surface area contributed by atoms with Gasteiger partial charge in [0.2, 0.25) is 0 Å². The lowest BCUT2D eigenvalue weighted by Crippen LogP contribution is -2.48. The van der Waals surface area contributed by atoms with Gasteiger partial charge in [-0.2, -0.15) is 0 Å². The van der Waals surface area contributed by atoms with Crippen LogP contribution in [0.15, 0.2) is 10.5 Å². The summed E-state index contributed by atoms with van der Waals surface area (Å²) in [4.78, 5) is 23.1. The van der Waals surface area contributed by atoms with E-state index in [1.807, 2.05) is 40.7 Å². The highest BCUT2D eigenvalue weighted by Crippen LogP contribution is 2.12. The molecule has 1 aromatic heterocycles. The predicted octanol–water partition coefficient (Wildman–Crippen LogP) is 1.43. The molecule has 0 bridgehead atoms. The fourth-order valence-corrected chi connectivity index (χ4v) is 1.51. The molecular formula is C13H20N2O3. The average molecular weight is 252 g/mol. The lowest BCUT2D eigenvalue weighted by molar-refractivity contribution is -0.140. The normalized spacial score (nSPS) is 11.2. The Balaban J connectivity index is 2.51. The molecule has 1 rings (SSSR count). The molecule has 1 heterocycles. The van der Waals surface area contributed by atoms with Crippen LogP contribution in [0.2, 0.25) is 0 Å². The number of hydrogen-bond donors (Lipinski definition) is 2. The molecule has 100 valence electrons. The maximum absolute atomic E-state index is 11.6. The molecule has 2 N–H and O–H groups in total. The zero-order valence-electron chi connectivity index (χ0n) is 11.5. The summed E-state index contributed by atoms with van der Waals surface area (Å²) in [6.07, 6.45) is 0. The number of amides is 2. The molecule has 0 aromatic carbocycles. The van der Waals surface area contributed by atoms with Crippen LogP contribution in [0.5, 0.6) is 0 Å². The minimum Gasteiger partial charge on any atom is -0.466 e. The van der Waals surface area contributed by atoms with Crippen molar-refractivity contribution in [2.24, 2.45) is 0 Å². The van der Waals surface area contributed by atoms with Crippen molar-refractivity contribution in [1.82, 2.24) is 10.6 Å². The second-order valence-corrected chi connectivity index (χ2v) is 5.33. The Labute approximate surface area is 107 Å². The lowest BCUT2D eigenvalue weighted by atomic mass is 10.1. The third kappa shape index (κ3) is 4.24. The number of rotatable bonds is 2. The van der Waals surface area contributed by atoms with E-state index in [-0.39, 0.29) is 0 Å². The highest BCUT2D eigenvalue weighted by atomic mass is 16.3. The molecule has 0 fully saturated rings. The van der Waals surface area contributed by atoms with E-state index >= 15 is 0 Å². The van der Waals surface area contributed by atoms with Crippen LogP contribution in [0.25, 0.3) is 0 Å². The topological polar surface area (TPSA) is 71.3 Å². The van der Waals surface area contributed by atoms with E-state index in [0.29, 0.717) is 6.54 Å². The summed E-state index contributed by atoms with van der Waals surface area (Å²) in [5.41, 5.74) is 0.459. The monoisotopic (exact) mass is 252 g/mol. The summed E-state index contributed by atoms with van der Waals surface area (Å²) in [6, 6.07) is 1.84. The quantitative estimate of drug-likeness (QED) is 0.782. The van der Waals surface area contributed by atoms with Gasteiger partial charge in [-0.25, -0.2) is 0 Å². The SMILES string of the molecule is Cc1cc(CNC(=O)C(=O)NC(C)(C)C)c(C)o1. The highest BCUT2D eigenvalue weighted by molar-refractivity contribution is 6.35. The molecule has 5 nitrogen and oxygen atoms in total. The van der Waals surface area contributed by atoms with E-state index in [0.717, 1.165) is 17.1 Å². The zero-order valence-corrected chi connectivity index (χ0v) is 11.5. The number of hydrogen-bond acceptors (Lipinski definition) is 3. The third-order valence-electron chi connectivity index (χ3n) is 2.28. The van der Waals surface area contributed by atoms with Crippen LogP contribution in [0.1, 0.15) is 37.9 Å². The molecule has 0 aliphatic carbocycles. The van der Waals surface area contributed by atoms with Crippen molar-refractivity contribution in [3.63, 3.8) is 0 Å². The highest BCUT2D eigenvalue weighted by Gasteiger charge is 2.20. The van der Waals surface area contributed by atoms with E-state index in [9.17, 15) is 9.59 Å². The van der Waals surface area contributed by atoms with Crippen molar-refractivity contribution in [2.75, 3.05) is 0 Å². The molecule has 0 aliphatic heterocycles. The largest absolute Gasteiger partial charge is 0.466 e. The Morgan fingerprint density at radius 2 is 1.83 bits per heavy atom. The average Bonchev–Trinajstić information content (AvgIpc) is 2.51. The molecular weight excluding hydrogens is 232 g/mol. The van der Waals surface area contributed by atoms with Gasteiger partial charge in [0.1, 0.15) is 11.5 Å². The van der Waals surface area contributed by atoms with E-state index < -0.39 is 17.4 Å². The Bertz CT molecular complexity index is 455. The summed E-state index contributed by atoms with van der Waals surface area (Å²) >= 11 is 0. The van der Waals surface area contributed by atoms with Gasteiger partial charge in [0, 0.05) is 17.6 Å². The van der Waals surface area contributed by atoms with Crippen molar-refractivity contribution < 1.29 is 14.0 Å². The molecule has 5 heteroatoms. The first kappa shape index (κ1) is 14.3. The molecule has 0 unspecified atom stereocenters. The molecule has 0 saturated carbocycles. The van der Waals surface area contributed by atoms with Crippen LogP contribution in [-0.4, -0.2) is 17.4 Å². The van der Waals surface area contributed by atoms with Gasteiger partial charge >= 0.3 is 11.8 Å². The Hall–Kier alpha value is -1.78. The smallest absolute Gasteiger partial charge is 0.309 e. The predicted molar refractivity (Wildman–Crippen MR) is 67.9 cm³/mol. The summed E-state index contributed by atoms with van der Waals surface area (Å²) in [6.45, 7) is 9.42. The molecule has 0 aliphatic rings. The van der Waals surface area contributed by atoms with Crippen LogP contribution >= 0.6 is 0 Å². The van der Waals surface area contributed by atoms with Gasteiger partial charge in [0.05, 0.1) is 0 Å². The van der Waals surface area contributed by atoms with Crippen LogP contribution < -0.4 is 10.6 Å². The summed E-state index contributed by atoms with van der Waals surface area (Å²) in [7, 11) is 0. The Morgan fingerprint density at radius 1 is 1.22 bits per heavy atom. The standard InChI is InChI=1S/C13H20N2O3/c1-8-6-10(9(2)18-8)7-14-11(16)12(17)15-13(3,4)5/h6H,7H2,1-5H3,(H,14,16)(H,15,17). The van der Waals surface area contributed by atoms with E-state index in [1.165, 1.54) is 0 Å². The van der Waals surface area contributed by atoms with E-state index in [4.69, 9.17) is 4.42 Å². The number of carbonyl (C=O) groups excluding carboxylic acids is 2. The minimum absolute atomic E-state index is 0.291. The number of furan rings is 1. The lowest BCUT2D eigenvalue weighted by Gasteiger charge is -2.19. The maximum atomic E-state index is 11.6. The zero-order chi connectivity index (χ0) is 13.9. The van der Waals surface area contributed by atoms with Gasteiger partial charge in [0.15, 0.2) is 0 Å². The van der Waals surface area contributed by atoms with Gasteiger partial charge in [-0.1, -0.05) is 0 Å². The second-order valence-electron chi connectivity index (χ2n) is 5.33. The van der Waals surface area contributed by atoms with Gasteiger partial charge in [-0.15, -0.1) is 0 Å². The van der Waals surface area contributed by atoms with Crippen LogP contribution in [0.3, 0.4) is 0 Å². The van der Waals surface area contributed by atoms with Crippen molar-refractivity contribution >= 4 is 11.8 Å². The molecule has 18 heavy (non-hydrogen) atoms. The number of aryl methyl sites for hydroxylation is 2. The van der Waals surface area contributed by atoms with Gasteiger partial charge in [-0.05, 0) is 40.7 Å². The van der Waals surface area contributed by atoms with E-state index in [2.05, 4.69) is 10.6 Å². The fourth-order valence-electron chi connectivity index (χ4n) is 1.51. The Morgan fingerprint density at radius 3 is 2.28 bits per heavy atom. The first-order valence-electron chi connectivity index (χ1n) is 5.85. The molecule has 0 radical (unpaired) electrons. The summed E-state index contributed by atoms with van der Waals surface area (Å²) < 4.78 is 5.34. The molecule has 0 saturated heterocycles. The number of nitrogens with one attached hydrogen (secondary N) is 2. The summed E-state index contributed by atoms with van der Waals surface area (Å²) in [5, 5.41) is 5.17. The van der Waals surface area contributed by atoms with Crippen LogP contribution in [-0.2, 0) is 16.1 Å². The molecule has 1 aromatic rings. The summed E-state index contributed by atoms with van der Waals surface area (Å²) in [5.74, 6) is 0.281. The van der Waals surface area contributed by atoms with Gasteiger partial charge < -0.3 is 15.1 Å². The molecule has 0 spiro atoms. The molecule has 2 amide bonds. The van der Waals surface area contributed by atoms with Crippen LogP contribution in [0, 0.1) is 13.8 Å². The first-order valence-corrected chi connectivity index (χ1v) is 5.85. The minimum atomic E-state index is -0.636. The first-order chi connectivity index (χ1) is 8.19. The van der Waals surface area contributed by atoms with Gasteiger partial charge in [-0.3, -0.25) is 9.59 Å². The number of carbonyl (C=O) groups is 2. The van der Waals surface area contributed by atoms with E-state index in [1.54, 1.807) is 0 Å². The van der Waals surface area contributed by atoms with Crippen molar-refractivity contribution in [3.8, 4) is 0 Å². The third-order valence-corrected chi connectivity index (χ3v) is 2.28. The van der Waals surface area contributed by atoms with Crippen molar-refractivity contribution in [2.45, 2.75) is 46.7 Å². The Kier molecular flexibility index (Phi) is 4.16. The maximum Gasteiger partial charge on any atom is 0.309 e.